The molecule has 1 rings (SSSR count). The highest BCUT2D eigenvalue weighted by Crippen LogP contribution is 2.06. The molecule has 16 heavy (non-hydrogen) atoms. The zero-order chi connectivity index (χ0) is 12.1. The maximum absolute atomic E-state index is 11.9. The fourth-order valence-corrected chi connectivity index (χ4v) is 2.25. The Labute approximate surface area is 102 Å². The van der Waals surface area contributed by atoms with Gasteiger partial charge in [0, 0.05) is 36.8 Å². The largest absolute Gasteiger partial charge is 0.357 e. The number of hydrogen-bond donors (Lipinski definition) is 0. The SMILES string of the molecule is CSCC(C)N(C)CC(=O)c1ccn(C)c1. The molecule has 3 nitrogen and oxygen atoms in total. The molecular formula is C12H20N2OS. The van der Waals surface area contributed by atoms with Crippen LogP contribution in [0.25, 0.3) is 0 Å². The Morgan fingerprint density at radius 1 is 1.62 bits per heavy atom. The van der Waals surface area contributed by atoms with Crippen LogP contribution in [0.15, 0.2) is 18.5 Å². The average molecular weight is 240 g/mol. The van der Waals surface area contributed by atoms with Crippen molar-refractivity contribution in [3.63, 3.8) is 0 Å². The third-order valence-corrected chi connectivity index (χ3v) is 3.52. The lowest BCUT2D eigenvalue weighted by atomic mass is 10.2. The van der Waals surface area contributed by atoms with E-state index < -0.39 is 0 Å². The van der Waals surface area contributed by atoms with Crippen LogP contribution in [0.3, 0.4) is 0 Å². The second-order valence-corrected chi connectivity index (χ2v) is 5.12. The molecule has 0 saturated heterocycles. The van der Waals surface area contributed by atoms with E-state index in [2.05, 4.69) is 18.1 Å². The predicted molar refractivity (Wildman–Crippen MR) is 70.2 cm³/mol. The molecule has 4 heteroatoms. The molecule has 0 fully saturated rings. The van der Waals surface area contributed by atoms with Crippen molar-refractivity contribution in [1.29, 1.82) is 0 Å². The first-order chi connectivity index (χ1) is 7.54. The molecule has 0 aliphatic heterocycles. The van der Waals surface area contributed by atoms with Crippen LogP contribution in [-0.2, 0) is 7.05 Å². The van der Waals surface area contributed by atoms with E-state index in [1.165, 1.54) is 0 Å². The van der Waals surface area contributed by atoms with Gasteiger partial charge < -0.3 is 4.57 Å². The van der Waals surface area contributed by atoms with E-state index in [4.69, 9.17) is 0 Å². The number of carbonyl (C=O) groups is 1. The van der Waals surface area contributed by atoms with E-state index in [9.17, 15) is 4.79 Å². The van der Waals surface area contributed by atoms with Crippen molar-refractivity contribution in [3.8, 4) is 0 Å². The number of rotatable bonds is 6. The average Bonchev–Trinajstić information content (AvgIpc) is 2.65. The number of aryl methyl sites for hydroxylation is 1. The molecule has 1 aromatic heterocycles. The maximum atomic E-state index is 11.9. The lowest BCUT2D eigenvalue weighted by Crippen LogP contribution is -2.35. The van der Waals surface area contributed by atoms with Gasteiger partial charge in [0.15, 0.2) is 5.78 Å². The molecule has 1 atom stereocenters. The summed E-state index contributed by atoms with van der Waals surface area (Å²) in [5.74, 6) is 1.24. The molecule has 0 saturated carbocycles. The normalized spacial score (nSPS) is 13.1. The fraction of sp³-hybridized carbons (Fsp3) is 0.583. The van der Waals surface area contributed by atoms with E-state index in [-0.39, 0.29) is 5.78 Å². The number of likely N-dealkylation sites (N-methyl/N-ethyl adjacent to an activating group) is 1. The summed E-state index contributed by atoms with van der Waals surface area (Å²) < 4.78 is 1.90. The Morgan fingerprint density at radius 2 is 2.31 bits per heavy atom. The Hall–Kier alpha value is -0.740. The Kier molecular flexibility index (Phi) is 5.09. The van der Waals surface area contributed by atoms with Crippen LogP contribution in [0, 0.1) is 0 Å². The first kappa shape index (κ1) is 13.3. The van der Waals surface area contributed by atoms with Crippen molar-refractivity contribution < 1.29 is 4.79 Å². The number of nitrogens with zero attached hydrogens (tertiary/aromatic N) is 2. The highest BCUT2D eigenvalue weighted by atomic mass is 32.2. The van der Waals surface area contributed by atoms with Gasteiger partial charge in [-0.1, -0.05) is 0 Å². The van der Waals surface area contributed by atoms with E-state index in [0.29, 0.717) is 12.6 Å². The Balaban J connectivity index is 2.51. The summed E-state index contributed by atoms with van der Waals surface area (Å²) in [6, 6.07) is 2.30. The summed E-state index contributed by atoms with van der Waals surface area (Å²) in [4.78, 5) is 14.0. The van der Waals surface area contributed by atoms with Crippen molar-refractivity contribution >= 4 is 17.5 Å². The molecule has 1 unspecified atom stereocenters. The predicted octanol–water partition coefficient (Wildman–Crippen LogP) is 1.89. The summed E-state index contributed by atoms with van der Waals surface area (Å²) >= 11 is 1.81. The van der Waals surface area contributed by atoms with Gasteiger partial charge in [0.05, 0.1) is 6.54 Å². The lowest BCUT2D eigenvalue weighted by Gasteiger charge is -2.22. The molecule has 0 bridgehead atoms. The van der Waals surface area contributed by atoms with Gasteiger partial charge in [-0.25, -0.2) is 0 Å². The van der Waals surface area contributed by atoms with Gasteiger partial charge in [0.2, 0.25) is 0 Å². The lowest BCUT2D eigenvalue weighted by molar-refractivity contribution is 0.0931. The summed E-state index contributed by atoms with van der Waals surface area (Å²) in [7, 11) is 3.93. The molecule has 0 spiro atoms. The highest BCUT2D eigenvalue weighted by Gasteiger charge is 2.14. The Bertz CT molecular complexity index is 349. The minimum atomic E-state index is 0.191. The van der Waals surface area contributed by atoms with E-state index in [0.717, 1.165) is 11.3 Å². The van der Waals surface area contributed by atoms with Crippen LogP contribution in [0.1, 0.15) is 17.3 Å². The van der Waals surface area contributed by atoms with Crippen molar-refractivity contribution in [3.05, 3.63) is 24.0 Å². The van der Waals surface area contributed by atoms with Gasteiger partial charge >= 0.3 is 0 Å². The summed E-state index contributed by atoms with van der Waals surface area (Å²) in [5, 5.41) is 0. The second kappa shape index (κ2) is 6.11. The van der Waals surface area contributed by atoms with Crippen LogP contribution in [-0.4, -0.2) is 46.9 Å². The number of carbonyl (C=O) groups excluding carboxylic acids is 1. The Morgan fingerprint density at radius 3 is 2.81 bits per heavy atom. The first-order valence-corrected chi connectivity index (χ1v) is 6.78. The molecule has 0 aliphatic rings. The van der Waals surface area contributed by atoms with E-state index >= 15 is 0 Å². The number of Topliss-reactive ketones (excluding diaryl/α,β-unsaturated/α-hetero) is 1. The van der Waals surface area contributed by atoms with Gasteiger partial charge in [-0.15, -0.1) is 0 Å². The smallest absolute Gasteiger partial charge is 0.178 e. The van der Waals surface area contributed by atoms with Gasteiger partial charge in [0.1, 0.15) is 0 Å². The minimum absolute atomic E-state index is 0.191. The molecule has 1 aromatic rings. The van der Waals surface area contributed by atoms with Crippen LogP contribution >= 0.6 is 11.8 Å². The third-order valence-electron chi connectivity index (χ3n) is 2.71. The van der Waals surface area contributed by atoms with Crippen LogP contribution < -0.4 is 0 Å². The third kappa shape index (κ3) is 3.68. The van der Waals surface area contributed by atoms with Crippen molar-refractivity contribution in [2.75, 3.05) is 25.6 Å². The van der Waals surface area contributed by atoms with E-state index in [1.54, 1.807) is 0 Å². The number of aromatic nitrogens is 1. The summed E-state index contributed by atoms with van der Waals surface area (Å²) in [6.45, 7) is 2.64. The van der Waals surface area contributed by atoms with Gasteiger partial charge in [-0.2, -0.15) is 11.8 Å². The molecule has 0 aliphatic carbocycles. The molecule has 90 valence electrons. The molecule has 0 aromatic carbocycles. The van der Waals surface area contributed by atoms with E-state index in [1.807, 2.05) is 48.9 Å². The monoisotopic (exact) mass is 240 g/mol. The van der Waals surface area contributed by atoms with Crippen LogP contribution in [0.2, 0.25) is 0 Å². The fourth-order valence-electron chi connectivity index (χ4n) is 1.51. The van der Waals surface area contributed by atoms with Crippen molar-refractivity contribution in [2.24, 2.45) is 7.05 Å². The van der Waals surface area contributed by atoms with Crippen molar-refractivity contribution in [2.45, 2.75) is 13.0 Å². The molecule has 0 radical (unpaired) electrons. The van der Waals surface area contributed by atoms with Gasteiger partial charge in [-0.3, -0.25) is 9.69 Å². The minimum Gasteiger partial charge on any atom is -0.357 e. The topological polar surface area (TPSA) is 25.2 Å². The zero-order valence-corrected chi connectivity index (χ0v) is 11.3. The number of hydrogen-bond acceptors (Lipinski definition) is 3. The summed E-state index contributed by atoms with van der Waals surface area (Å²) in [5.41, 5.74) is 0.797. The summed E-state index contributed by atoms with van der Waals surface area (Å²) in [6.07, 6.45) is 5.86. The molecular weight excluding hydrogens is 220 g/mol. The molecule has 0 amide bonds. The van der Waals surface area contributed by atoms with Crippen molar-refractivity contribution in [1.82, 2.24) is 9.47 Å². The van der Waals surface area contributed by atoms with Gasteiger partial charge in [0.25, 0.3) is 0 Å². The first-order valence-electron chi connectivity index (χ1n) is 5.39. The quantitative estimate of drug-likeness (QED) is 0.710. The highest BCUT2D eigenvalue weighted by molar-refractivity contribution is 7.98. The van der Waals surface area contributed by atoms with Gasteiger partial charge in [-0.05, 0) is 26.3 Å². The standard InChI is InChI=1S/C12H20N2OS/c1-10(9-16-4)14(3)8-12(15)11-5-6-13(2)7-11/h5-7,10H,8-9H2,1-4H3. The number of thioether (sulfide) groups is 1. The van der Waals surface area contributed by atoms with Crippen LogP contribution in [0.4, 0.5) is 0 Å². The second-order valence-electron chi connectivity index (χ2n) is 4.21. The molecule has 0 N–H and O–H groups in total. The zero-order valence-electron chi connectivity index (χ0n) is 10.4. The maximum Gasteiger partial charge on any atom is 0.178 e. The number of ketones is 1. The molecule has 1 heterocycles. The van der Waals surface area contributed by atoms with Crippen LogP contribution in [0.5, 0.6) is 0 Å².